The molecule has 0 saturated heterocycles. The van der Waals surface area contributed by atoms with Crippen molar-refractivity contribution in [1.29, 1.82) is 0 Å². The summed E-state index contributed by atoms with van der Waals surface area (Å²) in [4.78, 5) is 25.9. The molecular formula is C21H22N6O. The second-order valence-electron chi connectivity index (χ2n) is 6.90. The van der Waals surface area contributed by atoms with E-state index >= 15 is 0 Å². The summed E-state index contributed by atoms with van der Waals surface area (Å²) in [6, 6.07) is 14.0. The molecule has 4 rings (SSSR count). The first-order valence-corrected chi connectivity index (χ1v) is 9.32. The van der Waals surface area contributed by atoms with Gasteiger partial charge in [0.25, 0.3) is 5.91 Å². The average molecular weight is 374 g/mol. The number of anilines is 1. The number of nitrogens with zero attached hydrogens (tertiary/aromatic N) is 5. The third kappa shape index (κ3) is 3.64. The lowest BCUT2D eigenvalue weighted by Gasteiger charge is -2.09. The van der Waals surface area contributed by atoms with E-state index in [0.29, 0.717) is 18.2 Å². The van der Waals surface area contributed by atoms with Gasteiger partial charge in [-0.05, 0) is 38.1 Å². The Hall–Kier alpha value is -3.48. The monoisotopic (exact) mass is 374 g/mol. The Morgan fingerprint density at radius 3 is 2.68 bits per heavy atom. The Morgan fingerprint density at radius 2 is 1.93 bits per heavy atom. The molecule has 0 aliphatic heterocycles. The summed E-state index contributed by atoms with van der Waals surface area (Å²) < 4.78 is 3.92. The lowest BCUT2D eigenvalue weighted by Crippen LogP contribution is -2.17. The van der Waals surface area contributed by atoms with Crippen LogP contribution < -0.4 is 5.32 Å². The van der Waals surface area contributed by atoms with Gasteiger partial charge in [-0.2, -0.15) is 0 Å². The lowest BCUT2D eigenvalue weighted by atomic mass is 10.2. The predicted octanol–water partition coefficient (Wildman–Crippen LogP) is 3.70. The average Bonchev–Trinajstić information content (AvgIpc) is 3.32. The molecule has 7 nitrogen and oxygen atoms in total. The van der Waals surface area contributed by atoms with E-state index in [-0.39, 0.29) is 11.9 Å². The van der Waals surface area contributed by atoms with E-state index in [1.807, 2.05) is 65.4 Å². The first-order valence-electron chi connectivity index (χ1n) is 9.32. The third-order valence-electron chi connectivity index (χ3n) is 4.63. The number of hydrogen-bond acceptors (Lipinski definition) is 4. The molecule has 0 fully saturated rings. The summed E-state index contributed by atoms with van der Waals surface area (Å²) in [5, 5.41) is 2.92. The number of imidazole rings is 2. The summed E-state index contributed by atoms with van der Waals surface area (Å²) in [5.74, 6) is 0.245. The number of para-hydroxylation sites is 2. The van der Waals surface area contributed by atoms with E-state index in [1.165, 1.54) is 0 Å². The van der Waals surface area contributed by atoms with Crippen molar-refractivity contribution in [3.8, 4) is 0 Å². The molecule has 142 valence electrons. The van der Waals surface area contributed by atoms with E-state index < -0.39 is 0 Å². The SMILES string of the molecule is CC(C)n1cnc(C(=O)Nc2nc3ccccc3n2CCc2ccccn2)c1. The summed E-state index contributed by atoms with van der Waals surface area (Å²) >= 11 is 0. The Kier molecular flexibility index (Phi) is 4.89. The van der Waals surface area contributed by atoms with Gasteiger partial charge in [0.2, 0.25) is 5.95 Å². The standard InChI is InChI=1S/C21H22N6O/c1-15(2)26-13-18(23-14-26)20(28)25-21-24-17-8-3-4-9-19(17)27(21)12-10-16-7-5-6-11-22-16/h3-9,11,13-15H,10,12H2,1-2H3,(H,24,25,28). The molecule has 0 atom stereocenters. The normalized spacial score (nSPS) is 11.2. The number of rotatable bonds is 6. The number of fused-ring (bicyclic) bond motifs is 1. The van der Waals surface area contributed by atoms with E-state index in [9.17, 15) is 4.79 Å². The van der Waals surface area contributed by atoms with Gasteiger partial charge < -0.3 is 9.13 Å². The van der Waals surface area contributed by atoms with Crippen LogP contribution in [0.15, 0.2) is 61.2 Å². The molecule has 4 aromatic rings. The number of aromatic nitrogens is 5. The molecule has 28 heavy (non-hydrogen) atoms. The Bertz CT molecular complexity index is 1100. The van der Waals surface area contributed by atoms with Gasteiger partial charge in [-0.15, -0.1) is 0 Å². The maximum Gasteiger partial charge on any atom is 0.278 e. The van der Waals surface area contributed by atoms with Crippen molar-refractivity contribution in [2.24, 2.45) is 0 Å². The molecule has 0 bridgehead atoms. The fourth-order valence-electron chi connectivity index (χ4n) is 3.07. The Labute approximate surface area is 163 Å². The number of hydrogen-bond donors (Lipinski definition) is 1. The summed E-state index contributed by atoms with van der Waals surface area (Å²) in [7, 11) is 0. The van der Waals surface area contributed by atoms with Crippen molar-refractivity contribution < 1.29 is 4.79 Å². The molecule has 1 aromatic carbocycles. The molecule has 0 unspecified atom stereocenters. The summed E-state index contributed by atoms with van der Waals surface area (Å²) in [5.41, 5.74) is 3.18. The van der Waals surface area contributed by atoms with Crippen LogP contribution in [0.2, 0.25) is 0 Å². The number of amides is 1. The van der Waals surface area contributed by atoms with Gasteiger partial charge in [-0.3, -0.25) is 15.1 Å². The van der Waals surface area contributed by atoms with Crippen molar-refractivity contribution in [1.82, 2.24) is 24.1 Å². The molecule has 1 N–H and O–H groups in total. The lowest BCUT2D eigenvalue weighted by molar-refractivity contribution is 0.102. The van der Waals surface area contributed by atoms with E-state index in [1.54, 1.807) is 18.7 Å². The zero-order valence-electron chi connectivity index (χ0n) is 15.9. The fourth-order valence-corrected chi connectivity index (χ4v) is 3.07. The van der Waals surface area contributed by atoms with Gasteiger partial charge in [-0.25, -0.2) is 9.97 Å². The number of carbonyl (C=O) groups is 1. The minimum Gasteiger partial charge on any atom is -0.334 e. The minimum atomic E-state index is -0.270. The molecule has 3 heterocycles. The molecule has 0 spiro atoms. The van der Waals surface area contributed by atoms with Gasteiger partial charge >= 0.3 is 0 Å². The molecule has 0 aliphatic rings. The Balaban J connectivity index is 1.61. The highest BCUT2D eigenvalue weighted by atomic mass is 16.2. The van der Waals surface area contributed by atoms with Gasteiger partial charge in [-0.1, -0.05) is 18.2 Å². The van der Waals surface area contributed by atoms with Crippen molar-refractivity contribution in [2.75, 3.05) is 5.32 Å². The first-order chi connectivity index (χ1) is 13.6. The van der Waals surface area contributed by atoms with Gasteiger partial charge in [0.1, 0.15) is 5.69 Å². The predicted molar refractivity (Wildman–Crippen MR) is 108 cm³/mol. The van der Waals surface area contributed by atoms with Crippen molar-refractivity contribution in [2.45, 2.75) is 32.9 Å². The van der Waals surface area contributed by atoms with Crippen LogP contribution in [-0.4, -0.2) is 30.0 Å². The van der Waals surface area contributed by atoms with Crippen LogP contribution in [0.3, 0.4) is 0 Å². The fraction of sp³-hybridized carbons (Fsp3) is 0.238. The van der Waals surface area contributed by atoms with Crippen LogP contribution in [0.4, 0.5) is 5.95 Å². The van der Waals surface area contributed by atoms with Crippen LogP contribution in [0.1, 0.15) is 36.1 Å². The highest BCUT2D eigenvalue weighted by molar-refractivity contribution is 6.02. The first kappa shape index (κ1) is 17.9. The Morgan fingerprint density at radius 1 is 1.11 bits per heavy atom. The second-order valence-corrected chi connectivity index (χ2v) is 6.90. The highest BCUT2D eigenvalue weighted by Gasteiger charge is 2.16. The smallest absolute Gasteiger partial charge is 0.278 e. The summed E-state index contributed by atoms with van der Waals surface area (Å²) in [6.45, 7) is 4.74. The third-order valence-corrected chi connectivity index (χ3v) is 4.63. The maximum absolute atomic E-state index is 12.7. The molecule has 0 radical (unpaired) electrons. The zero-order chi connectivity index (χ0) is 19.5. The number of aryl methyl sites for hydroxylation is 2. The van der Waals surface area contributed by atoms with Crippen molar-refractivity contribution >= 4 is 22.9 Å². The zero-order valence-corrected chi connectivity index (χ0v) is 15.9. The van der Waals surface area contributed by atoms with Crippen LogP contribution in [-0.2, 0) is 13.0 Å². The molecule has 0 saturated carbocycles. The van der Waals surface area contributed by atoms with Crippen LogP contribution in [0.5, 0.6) is 0 Å². The van der Waals surface area contributed by atoms with Gasteiger partial charge in [0.15, 0.2) is 0 Å². The van der Waals surface area contributed by atoms with Gasteiger partial charge in [0, 0.05) is 37.1 Å². The van der Waals surface area contributed by atoms with E-state index in [4.69, 9.17) is 0 Å². The molecule has 1 amide bonds. The van der Waals surface area contributed by atoms with Crippen molar-refractivity contribution in [3.05, 3.63) is 72.6 Å². The quantitative estimate of drug-likeness (QED) is 0.558. The molecular weight excluding hydrogens is 352 g/mol. The summed E-state index contributed by atoms with van der Waals surface area (Å²) in [6.07, 6.45) is 5.95. The largest absolute Gasteiger partial charge is 0.334 e. The maximum atomic E-state index is 12.7. The topological polar surface area (TPSA) is 77.6 Å². The minimum absolute atomic E-state index is 0.247. The van der Waals surface area contributed by atoms with E-state index in [0.717, 1.165) is 23.1 Å². The van der Waals surface area contributed by atoms with Crippen LogP contribution >= 0.6 is 0 Å². The highest BCUT2D eigenvalue weighted by Crippen LogP contribution is 2.21. The van der Waals surface area contributed by atoms with Crippen LogP contribution in [0, 0.1) is 0 Å². The number of carbonyl (C=O) groups excluding carboxylic acids is 1. The molecule has 0 aliphatic carbocycles. The van der Waals surface area contributed by atoms with Crippen molar-refractivity contribution in [3.63, 3.8) is 0 Å². The van der Waals surface area contributed by atoms with Crippen LogP contribution in [0.25, 0.3) is 11.0 Å². The number of pyridine rings is 1. The molecule has 7 heteroatoms. The second kappa shape index (κ2) is 7.64. The number of nitrogens with one attached hydrogen (secondary N) is 1. The van der Waals surface area contributed by atoms with E-state index in [2.05, 4.69) is 20.3 Å². The van der Waals surface area contributed by atoms with Gasteiger partial charge in [0.05, 0.1) is 17.4 Å². The number of benzene rings is 1. The molecule has 3 aromatic heterocycles.